The molecule has 0 unspecified atom stereocenters. The van der Waals surface area contributed by atoms with Gasteiger partial charge in [-0.25, -0.2) is 4.98 Å². The Bertz CT molecular complexity index is 1050. The van der Waals surface area contributed by atoms with Crippen LogP contribution in [0, 0.1) is 6.92 Å². The molecular weight excluding hydrogens is 445 g/mol. The number of ether oxygens (including phenoxy) is 1. The second-order valence-corrected chi connectivity index (χ2v) is 8.46. The molecule has 2 aromatic heterocycles. The minimum atomic E-state index is -0.250. The molecule has 3 rings (SSSR count). The number of pyridine rings is 1. The van der Waals surface area contributed by atoms with Crippen LogP contribution in [0.2, 0.25) is 10.0 Å². The maximum absolute atomic E-state index is 12.4. The van der Waals surface area contributed by atoms with Gasteiger partial charge in [-0.15, -0.1) is 10.2 Å². The quantitative estimate of drug-likeness (QED) is 0.478. The predicted octanol–water partition coefficient (Wildman–Crippen LogP) is 5.28. The van der Waals surface area contributed by atoms with Crippen LogP contribution in [0.25, 0.3) is 11.4 Å². The molecule has 0 saturated heterocycles. The Balaban J connectivity index is 1.74. The van der Waals surface area contributed by atoms with Crippen molar-refractivity contribution in [2.75, 3.05) is 18.2 Å². The Hall–Kier alpha value is -2.29. The fourth-order valence-electron chi connectivity index (χ4n) is 2.72. The molecular formula is C20H21Cl2N5O2S. The molecule has 0 fully saturated rings. The van der Waals surface area contributed by atoms with Gasteiger partial charge in [0.05, 0.1) is 22.9 Å². The van der Waals surface area contributed by atoms with E-state index in [-0.39, 0.29) is 23.5 Å². The van der Waals surface area contributed by atoms with Gasteiger partial charge in [-0.2, -0.15) is 0 Å². The molecule has 158 valence electrons. The van der Waals surface area contributed by atoms with Gasteiger partial charge in [-0.1, -0.05) is 35.0 Å². The summed E-state index contributed by atoms with van der Waals surface area (Å²) in [6.07, 6.45) is 1.46. The number of halogens is 2. The molecule has 30 heavy (non-hydrogen) atoms. The van der Waals surface area contributed by atoms with Crippen molar-refractivity contribution >= 4 is 46.7 Å². The molecule has 0 atom stereocenters. The first-order chi connectivity index (χ1) is 14.3. The Morgan fingerprint density at radius 3 is 2.57 bits per heavy atom. The van der Waals surface area contributed by atoms with Crippen molar-refractivity contribution in [2.24, 2.45) is 0 Å². The molecule has 0 radical (unpaired) electrons. The van der Waals surface area contributed by atoms with Gasteiger partial charge in [0.2, 0.25) is 5.91 Å². The van der Waals surface area contributed by atoms with Gasteiger partial charge in [-0.3, -0.25) is 9.36 Å². The molecule has 1 amide bonds. The topological polar surface area (TPSA) is 81.9 Å². The van der Waals surface area contributed by atoms with Gasteiger partial charge in [0.25, 0.3) is 0 Å². The van der Waals surface area contributed by atoms with Crippen molar-refractivity contribution in [2.45, 2.75) is 32.0 Å². The molecule has 10 heteroatoms. The van der Waals surface area contributed by atoms with Crippen LogP contribution >= 0.6 is 35.0 Å². The van der Waals surface area contributed by atoms with Gasteiger partial charge >= 0.3 is 0 Å². The summed E-state index contributed by atoms with van der Waals surface area (Å²) in [7, 11) is 1.62. The number of nitrogens with one attached hydrogen (secondary N) is 1. The molecule has 0 aliphatic carbocycles. The van der Waals surface area contributed by atoms with Crippen molar-refractivity contribution < 1.29 is 9.53 Å². The fourth-order valence-corrected chi connectivity index (χ4v) is 3.98. The van der Waals surface area contributed by atoms with E-state index < -0.39 is 0 Å². The van der Waals surface area contributed by atoms with E-state index in [0.717, 1.165) is 17.1 Å². The maximum Gasteiger partial charge on any atom is 0.236 e. The average molecular weight is 466 g/mol. The van der Waals surface area contributed by atoms with Crippen molar-refractivity contribution in [3.05, 3.63) is 46.1 Å². The van der Waals surface area contributed by atoms with Gasteiger partial charge in [0.1, 0.15) is 5.75 Å². The number of anilines is 1. The van der Waals surface area contributed by atoms with E-state index in [0.29, 0.717) is 20.8 Å². The monoisotopic (exact) mass is 465 g/mol. The van der Waals surface area contributed by atoms with Gasteiger partial charge in [-0.05, 0) is 50.6 Å². The van der Waals surface area contributed by atoms with Crippen molar-refractivity contribution in [1.29, 1.82) is 0 Å². The van der Waals surface area contributed by atoms with Crippen LogP contribution in [-0.2, 0) is 4.79 Å². The number of hydrogen-bond donors (Lipinski definition) is 1. The number of benzene rings is 1. The van der Waals surface area contributed by atoms with Crippen LogP contribution in [0.5, 0.6) is 5.75 Å². The lowest BCUT2D eigenvalue weighted by Crippen LogP contribution is -2.16. The lowest BCUT2D eigenvalue weighted by Gasteiger charge is -2.14. The number of thioether (sulfide) groups is 1. The lowest BCUT2D eigenvalue weighted by atomic mass is 10.2. The Morgan fingerprint density at radius 1 is 1.23 bits per heavy atom. The number of methoxy groups -OCH3 is 1. The zero-order valence-electron chi connectivity index (χ0n) is 16.9. The van der Waals surface area contributed by atoms with E-state index in [1.165, 1.54) is 18.0 Å². The highest BCUT2D eigenvalue weighted by Crippen LogP contribution is 2.30. The summed E-state index contributed by atoms with van der Waals surface area (Å²) in [6, 6.07) is 7.72. The van der Waals surface area contributed by atoms with E-state index in [1.54, 1.807) is 14.0 Å². The molecule has 0 aliphatic heterocycles. The first-order valence-corrected chi connectivity index (χ1v) is 10.9. The third-order valence-corrected chi connectivity index (χ3v) is 6.11. The van der Waals surface area contributed by atoms with E-state index in [9.17, 15) is 4.79 Å². The SMILES string of the molecule is COc1ccc(-c2nnc(SCC(=O)Nc3ncc(Cl)c(C)c3Cl)n2C(C)C)cc1. The Kier molecular flexibility index (Phi) is 7.23. The number of amides is 1. The first-order valence-electron chi connectivity index (χ1n) is 9.14. The first kappa shape index (κ1) is 22.4. The molecule has 1 N–H and O–H groups in total. The maximum atomic E-state index is 12.4. The van der Waals surface area contributed by atoms with E-state index in [1.807, 2.05) is 42.7 Å². The molecule has 0 bridgehead atoms. The molecule has 0 aliphatic rings. The van der Waals surface area contributed by atoms with Crippen LogP contribution in [0.1, 0.15) is 25.5 Å². The standard InChI is InChI=1S/C20H21Cl2N5O2S/c1-11(2)27-19(13-5-7-14(29-4)8-6-13)25-26-20(27)30-10-16(28)24-18-17(22)12(3)15(21)9-23-18/h5-9,11H,10H2,1-4H3,(H,23,24,28). The normalized spacial score (nSPS) is 11.0. The summed E-state index contributed by atoms with van der Waals surface area (Å²) in [5.74, 6) is 1.67. The van der Waals surface area contributed by atoms with Crippen LogP contribution in [0.15, 0.2) is 35.6 Å². The van der Waals surface area contributed by atoms with Gasteiger partial charge in [0.15, 0.2) is 16.8 Å². The molecule has 1 aromatic carbocycles. The summed E-state index contributed by atoms with van der Waals surface area (Å²) >= 11 is 13.5. The minimum absolute atomic E-state index is 0.109. The van der Waals surface area contributed by atoms with E-state index >= 15 is 0 Å². The minimum Gasteiger partial charge on any atom is -0.497 e. The largest absolute Gasteiger partial charge is 0.497 e. The molecule has 2 heterocycles. The summed E-state index contributed by atoms with van der Waals surface area (Å²) in [4.78, 5) is 16.5. The third-order valence-electron chi connectivity index (χ3n) is 4.32. The Morgan fingerprint density at radius 2 is 1.93 bits per heavy atom. The molecule has 0 saturated carbocycles. The van der Waals surface area contributed by atoms with E-state index in [2.05, 4.69) is 20.5 Å². The molecule has 0 spiro atoms. The smallest absolute Gasteiger partial charge is 0.236 e. The van der Waals surface area contributed by atoms with Crippen LogP contribution in [-0.4, -0.2) is 38.5 Å². The second-order valence-electron chi connectivity index (χ2n) is 6.73. The average Bonchev–Trinajstić information content (AvgIpc) is 3.17. The zero-order chi connectivity index (χ0) is 21.8. The fraction of sp³-hybridized carbons (Fsp3) is 0.300. The number of rotatable bonds is 7. The summed E-state index contributed by atoms with van der Waals surface area (Å²) in [6.45, 7) is 5.85. The molecule has 7 nitrogen and oxygen atoms in total. The van der Waals surface area contributed by atoms with Gasteiger partial charge < -0.3 is 10.1 Å². The highest BCUT2D eigenvalue weighted by Gasteiger charge is 2.19. The number of carbonyl (C=O) groups excluding carboxylic acids is 1. The summed E-state index contributed by atoms with van der Waals surface area (Å²) in [5, 5.41) is 12.8. The molecule has 3 aromatic rings. The van der Waals surface area contributed by atoms with Gasteiger partial charge in [0, 0.05) is 17.8 Å². The number of nitrogens with zero attached hydrogens (tertiary/aromatic N) is 4. The summed E-state index contributed by atoms with van der Waals surface area (Å²) < 4.78 is 7.21. The number of hydrogen-bond acceptors (Lipinski definition) is 6. The van der Waals surface area contributed by atoms with Crippen LogP contribution in [0.3, 0.4) is 0 Å². The van der Waals surface area contributed by atoms with Crippen molar-refractivity contribution in [1.82, 2.24) is 19.7 Å². The predicted molar refractivity (Wildman–Crippen MR) is 121 cm³/mol. The number of carbonyl (C=O) groups is 1. The van der Waals surface area contributed by atoms with E-state index in [4.69, 9.17) is 27.9 Å². The van der Waals surface area contributed by atoms with Crippen LogP contribution < -0.4 is 10.1 Å². The Labute approximate surface area is 189 Å². The second kappa shape index (κ2) is 9.68. The highest BCUT2D eigenvalue weighted by molar-refractivity contribution is 7.99. The van der Waals surface area contributed by atoms with Crippen LogP contribution in [0.4, 0.5) is 5.82 Å². The van der Waals surface area contributed by atoms with Crippen molar-refractivity contribution in [3.63, 3.8) is 0 Å². The summed E-state index contributed by atoms with van der Waals surface area (Å²) in [5.41, 5.74) is 1.58. The number of aromatic nitrogens is 4. The third kappa shape index (κ3) is 4.88. The lowest BCUT2D eigenvalue weighted by molar-refractivity contribution is -0.113. The highest BCUT2D eigenvalue weighted by atomic mass is 35.5. The zero-order valence-corrected chi connectivity index (χ0v) is 19.3. The van der Waals surface area contributed by atoms with Crippen molar-refractivity contribution in [3.8, 4) is 17.1 Å².